The van der Waals surface area contributed by atoms with E-state index >= 15 is 0 Å². The summed E-state index contributed by atoms with van der Waals surface area (Å²) in [5.41, 5.74) is 10.8. The molecule has 0 saturated heterocycles. The predicted molar refractivity (Wildman–Crippen MR) is 102 cm³/mol. The number of benzene rings is 2. The molecule has 26 heavy (non-hydrogen) atoms. The van der Waals surface area contributed by atoms with E-state index in [2.05, 4.69) is 25.4 Å². The molecule has 0 spiro atoms. The number of rotatable bonds is 4. The predicted octanol–water partition coefficient (Wildman–Crippen LogP) is 3.76. The zero-order valence-corrected chi connectivity index (χ0v) is 14.5. The van der Waals surface area contributed by atoms with Crippen LogP contribution in [-0.2, 0) is 6.42 Å². The summed E-state index contributed by atoms with van der Waals surface area (Å²) >= 11 is 6.11. The van der Waals surface area contributed by atoms with E-state index in [1.54, 1.807) is 0 Å². The van der Waals surface area contributed by atoms with Gasteiger partial charge in [0.05, 0.1) is 17.1 Å². The first-order chi connectivity index (χ1) is 12.7. The molecule has 2 heterocycles. The summed E-state index contributed by atoms with van der Waals surface area (Å²) in [7, 11) is 0. The second-order valence-electron chi connectivity index (χ2n) is 5.80. The van der Waals surface area contributed by atoms with Crippen LogP contribution in [-0.4, -0.2) is 25.4 Å². The molecule has 0 aliphatic carbocycles. The summed E-state index contributed by atoms with van der Waals surface area (Å²) in [4.78, 5) is 4.36. The molecular formula is C19H15ClN6. The highest BCUT2D eigenvalue weighted by Gasteiger charge is 2.13. The van der Waals surface area contributed by atoms with Crippen molar-refractivity contribution in [1.82, 2.24) is 25.4 Å². The first-order valence-electron chi connectivity index (χ1n) is 8.04. The average molecular weight is 363 g/mol. The first-order valence-corrected chi connectivity index (χ1v) is 8.41. The Morgan fingerprint density at radius 1 is 0.923 bits per heavy atom. The Morgan fingerprint density at radius 3 is 2.54 bits per heavy atom. The number of halogens is 1. The van der Waals surface area contributed by atoms with Crippen LogP contribution in [0.25, 0.3) is 22.5 Å². The van der Waals surface area contributed by atoms with Crippen molar-refractivity contribution >= 4 is 17.5 Å². The highest BCUT2D eigenvalue weighted by Crippen LogP contribution is 2.25. The molecule has 0 atom stereocenters. The Morgan fingerprint density at radius 2 is 1.73 bits per heavy atom. The Kier molecular flexibility index (Phi) is 4.33. The number of anilines is 1. The standard InChI is InChI=1S/C19H15ClN6/c20-14-8-4-7-13(9-14)18-17(25-26-19(21)22-18)11-15-10-16(24-23-15)12-5-2-1-3-6-12/h1-10H,11H2,(H,23,24)(H2,21,22,26). The van der Waals surface area contributed by atoms with Crippen LogP contribution >= 0.6 is 11.6 Å². The molecule has 0 aliphatic rings. The van der Waals surface area contributed by atoms with E-state index < -0.39 is 0 Å². The molecule has 2 aromatic carbocycles. The van der Waals surface area contributed by atoms with E-state index in [4.69, 9.17) is 17.3 Å². The molecular weight excluding hydrogens is 348 g/mol. The first kappa shape index (κ1) is 16.2. The van der Waals surface area contributed by atoms with Crippen molar-refractivity contribution in [3.8, 4) is 22.5 Å². The lowest BCUT2D eigenvalue weighted by atomic mass is 10.1. The fourth-order valence-electron chi connectivity index (χ4n) is 2.74. The number of nitrogens with two attached hydrogens (primary N) is 1. The van der Waals surface area contributed by atoms with Gasteiger partial charge in [-0.1, -0.05) is 54.1 Å². The minimum absolute atomic E-state index is 0.123. The van der Waals surface area contributed by atoms with Gasteiger partial charge in [0.2, 0.25) is 5.95 Å². The van der Waals surface area contributed by atoms with E-state index in [-0.39, 0.29) is 5.95 Å². The van der Waals surface area contributed by atoms with Gasteiger partial charge in [0.1, 0.15) is 0 Å². The Balaban J connectivity index is 1.68. The smallest absolute Gasteiger partial charge is 0.240 e. The highest BCUT2D eigenvalue weighted by atomic mass is 35.5. The molecule has 0 aliphatic heterocycles. The van der Waals surface area contributed by atoms with Gasteiger partial charge < -0.3 is 5.73 Å². The van der Waals surface area contributed by atoms with E-state index in [1.807, 2.05) is 60.7 Å². The maximum Gasteiger partial charge on any atom is 0.240 e. The van der Waals surface area contributed by atoms with Crippen LogP contribution in [0.1, 0.15) is 11.4 Å². The lowest BCUT2D eigenvalue weighted by molar-refractivity contribution is 0.886. The molecule has 4 aromatic rings. The number of hydrogen-bond acceptors (Lipinski definition) is 5. The summed E-state index contributed by atoms with van der Waals surface area (Å²) in [6, 6.07) is 19.4. The van der Waals surface area contributed by atoms with Gasteiger partial charge in [-0.2, -0.15) is 5.10 Å². The lowest BCUT2D eigenvalue weighted by Gasteiger charge is -2.07. The summed E-state index contributed by atoms with van der Waals surface area (Å²) in [5, 5.41) is 16.2. The lowest BCUT2D eigenvalue weighted by Crippen LogP contribution is -2.05. The molecule has 6 nitrogen and oxygen atoms in total. The normalized spacial score (nSPS) is 10.8. The van der Waals surface area contributed by atoms with Crippen molar-refractivity contribution in [2.75, 3.05) is 5.73 Å². The Hall–Kier alpha value is -3.25. The van der Waals surface area contributed by atoms with Crippen molar-refractivity contribution in [1.29, 1.82) is 0 Å². The number of hydrogen-bond donors (Lipinski definition) is 2. The molecule has 7 heteroatoms. The monoisotopic (exact) mass is 362 g/mol. The van der Waals surface area contributed by atoms with Crippen molar-refractivity contribution < 1.29 is 0 Å². The maximum absolute atomic E-state index is 6.11. The largest absolute Gasteiger partial charge is 0.366 e. The van der Waals surface area contributed by atoms with Gasteiger partial charge in [-0.3, -0.25) is 5.10 Å². The van der Waals surface area contributed by atoms with Crippen LogP contribution < -0.4 is 5.73 Å². The van der Waals surface area contributed by atoms with E-state index in [0.29, 0.717) is 22.8 Å². The Labute approximate surface area is 155 Å². The molecule has 0 amide bonds. The second kappa shape index (κ2) is 6.93. The molecule has 4 rings (SSSR count). The van der Waals surface area contributed by atoms with Crippen molar-refractivity contribution in [2.24, 2.45) is 0 Å². The van der Waals surface area contributed by atoms with Crippen LogP contribution in [0.2, 0.25) is 5.02 Å². The third-order valence-electron chi connectivity index (χ3n) is 3.93. The highest BCUT2D eigenvalue weighted by molar-refractivity contribution is 6.30. The molecule has 0 bridgehead atoms. The summed E-state index contributed by atoms with van der Waals surface area (Å²) in [5.74, 6) is 0.123. The molecule has 128 valence electrons. The Bertz CT molecular complexity index is 1040. The molecule has 0 saturated carbocycles. The molecule has 3 N–H and O–H groups in total. The maximum atomic E-state index is 6.11. The van der Waals surface area contributed by atoms with Crippen molar-refractivity contribution in [2.45, 2.75) is 6.42 Å². The number of nitrogens with zero attached hydrogens (tertiary/aromatic N) is 4. The fraction of sp³-hybridized carbons (Fsp3) is 0.0526. The molecule has 2 aromatic heterocycles. The summed E-state index contributed by atoms with van der Waals surface area (Å²) in [6.07, 6.45) is 0.502. The number of nitrogens with one attached hydrogen (secondary N) is 1. The van der Waals surface area contributed by atoms with E-state index in [0.717, 1.165) is 22.5 Å². The minimum Gasteiger partial charge on any atom is -0.366 e. The van der Waals surface area contributed by atoms with Crippen LogP contribution in [0.15, 0.2) is 60.7 Å². The third kappa shape index (κ3) is 3.41. The fourth-order valence-corrected chi connectivity index (χ4v) is 2.93. The topological polar surface area (TPSA) is 93.4 Å². The summed E-state index contributed by atoms with van der Waals surface area (Å²) in [6.45, 7) is 0. The average Bonchev–Trinajstić information content (AvgIpc) is 3.12. The van der Waals surface area contributed by atoms with Gasteiger partial charge in [-0.05, 0) is 18.2 Å². The van der Waals surface area contributed by atoms with Crippen molar-refractivity contribution in [3.63, 3.8) is 0 Å². The number of aromatic nitrogens is 5. The molecule has 0 fully saturated rings. The number of aromatic amines is 1. The van der Waals surface area contributed by atoms with Crippen molar-refractivity contribution in [3.05, 3.63) is 77.1 Å². The van der Waals surface area contributed by atoms with Crippen LogP contribution in [0.5, 0.6) is 0 Å². The minimum atomic E-state index is 0.123. The summed E-state index contributed by atoms with van der Waals surface area (Å²) < 4.78 is 0. The van der Waals surface area contributed by atoms with Crippen LogP contribution in [0.4, 0.5) is 5.95 Å². The van der Waals surface area contributed by atoms with Gasteiger partial charge in [0.15, 0.2) is 0 Å². The van der Waals surface area contributed by atoms with E-state index in [1.165, 1.54) is 0 Å². The SMILES string of the molecule is Nc1nnc(Cc2cc(-c3ccccc3)n[nH]2)c(-c2cccc(Cl)c2)n1. The van der Waals surface area contributed by atoms with Gasteiger partial charge in [-0.25, -0.2) is 4.98 Å². The van der Waals surface area contributed by atoms with Crippen LogP contribution in [0, 0.1) is 0 Å². The zero-order valence-electron chi connectivity index (χ0n) is 13.7. The van der Waals surface area contributed by atoms with E-state index in [9.17, 15) is 0 Å². The molecule has 0 unspecified atom stereocenters. The zero-order chi connectivity index (χ0) is 17.9. The second-order valence-corrected chi connectivity index (χ2v) is 6.23. The third-order valence-corrected chi connectivity index (χ3v) is 4.16. The van der Waals surface area contributed by atoms with Crippen LogP contribution in [0.3, 0.4) is 0 Å². The quantitative estimate of drug-likeness (QED) is 0.576. The van der Waals surface area contributed by atoms with Gasteiger partial charge >= 0.3 is 0 Å². The van der Waals surface area contributed by atoms with Gasteiger partial charge in [-0.15, -0.1) is 10.2 Å². The number of H-pyrrole nitrogens is 1. The number of nitrogen functional groups attached to an aromatic ring is 1. The van der Waals surface area contributed by atoms with Gasteiger partial charge in [0.25, 0.3) is 0 Å². The van der Waals surface area contributed by atoms with Gasteiger partial charge in [0, 0.05) is 28.3 Å². The molecule has 0 radical (unpaired) electrons.